The maximum Gasteiger partial charge on any atom is 0.248 e. The Bertz CT molecular complexity index is 247. The average Bonchev–Trinajstić information content (AvgIpc) is 2.59. The van der Waals surface area contributed by atoms with Crippen LogP contribution in [0.3, 0.4) is 0 Å². The molecule has 0 N–H and O–H groups in total. The van der Waals surface area contributed by atoms with E-state index in [0.717, 1.165) is 0 Å². The zero-order valence-corrected chi connectivity index (χ0v) is 4.66. The highest BCUT2D eigenvalue weighted by Gasteiger charge is 1.94. The smallest absolute Gasteiger partial charge is 0.115 e. The van der Waals surface area contributed by atoms with Gasteiger partial charge in [0.15, 0.2) is 6.33 Å². The van der Waals surface area contributed by atoms with Crippen LogP contribution < -0.4 is 0 Å². The monoisotopic (exact) mass is 137 g/mol. The molecule has 0 fully saturated rings. The third-order valence-corrected chi connectivity index (χ3v) is 0.836. The van der Waals surface area contributed by atoms with E-state index < -0.39 is 0 Å². The summed E-state index contributed by atoms with van der Waals surface area (Å²) in [5, 5.41) is 20.3. The lowest BCUT2D eigenvalue weighted by Crippen LogP contribution is -2.10. The van der Waals surface area contributed by atoms with Crippen molar-refractivity contribution >= 4 is 0 Å². The highest BCUT2D eigenvalue weighted by molar-refractivity contribution is 4.47. The van der Waals surface area contributed by atoms with E-state index in [1.54, 1.807) is 0 Å². The van der Waals surface area contributed by atoms with Crippen LogP contribution in [0, 0.1) is 6.33 Å². The molecule has 0 unspecified atom stereocenters. The number of nitrogens with zero attached hydrogens (tertiary/aromatic N) is 8. The van der Waals surface area contributed by atoms with Crippen molar-refractivity contribution in [1.29, 1.82) is 0 Å². The third kappa shape index (κ3) is 0.623. The number of hydrogen-bond acceptors (Lipinski definition) is 6. The Labute approximate surface area is 54.4 Å². The maximum atomic E-state index is 3.50. The summed E-state index contributed by atoms with van der Waals surface area (Å²) >= 11 is 0. The number of tetrazole rings is 2. The number of hydrogen-bond donors (Lipinski definition) is 0. The van der Waals surface area contributed by atoms with E-state index in [2.05, 4.69) is 37.4 Å². The molecule has 49 valence electrons. The Balaban J connectivity index is 2.48. The molecule has 0 amide bonds. The Kier molecular flexibility index (Phi) is 0.907. The van der Waals surface area contributed by atoms with E-state index in [-0.39, 0.29) is 0 Å². The predicted octanol–water partition coefficient (Wildman–Crippen LogP) is -2.23. The summed E-state index contributed by atoms with van der Waals surface area (Å²) in [6.45, 7) is 0. The van der Waals surface area contributed by atoms with Crippen molar-refractivity contribution in [3.05, 3.63) is 12.7 Å². The molecule has 0 aliphatic carbocycles. The molecular formula is C2HN8. The van der Waals surface area contributed by atoms with Crippen molar-refractivity contribution in [3.8, 4) is 0 Å². The van der Waals surface area contributed by atoms with Crippen LogP contribution >= 0.6 is 0 Å². The minimum atomic E-state index is 1.17. The van der Waals surface area contributed by atoms with Crippen molar-refractivity contribution in [3.63, 3.8) is 0 Å². The zero-order valence-electron chi connectivity index (χ0n) is 4.66. The van der Waals surface area contributed by atoms with Gasteiger partial charge in [-0.3, -0.25) is 0 Å². The van der Waals surface area contributed by atoms with Crippen LogP contribution in [0.2, 0.25) is 0 Å². The van der Waals surface area contributed by atoms with E-state index >= 15 is 0 Å². The van der Waals surface area contributed by atoms with Crippen molar-refractivity contribution in [1.82, 2.24) is 40.6 Å². The van der Waals surface area contributed by atoms with E-state index in [0.29, 0.717) is 0 Å². The summed E-state index contributed by atoms with van der Waals surface area (Å²) in [5.74, 6) is 0. The molecule has 1 radical (unpaired) electrons. The highest BCUT2D eigenvalue weighted by atomic mass is 15.8. The molecule has 0 spiro atoms. The molecule has 2 heterocycles. The van der Waals surface area contributed by atoms with Gasteiger partial charge in [0.05, 0.1) is 0 Å². The molecule has 10 heavy (non-hydrogen) atoms. The SMILES string of the molecule is [c]1nnnn1-n1cnnn1. The van der Waals surface area contributed by atoms with Crippen LogP contribution in [0.4, 0.5) is 0 Å². The van der Waals surface area contributed by atoms with Crippen LogP contribution in [0.25, 0.3) is 0 Å². The highest BCUT2D eigenvalue weighted by Crippen LogP contribution is 1.74. The molecule has 2 rings (SSSR count). The van der Waals surface area contributed by atoms with Gasteiger partial charge in [-0.15, -0.1) is 19.8 Å². The quantitative estimate of drug-likeness (QED) is 0.442. The summed E-state index contributed by atoms with van der Waals surface area (Å²) in [6, 6.07) is 0. The molecule has 0 saturated carbocycles. The lowest BCUT2D eigenvalue weighted by Gasteiger charge is -1.88. The normalized spacial score (nSPS) is 10.0. The molecular weight excluding hydrogens is 136 g/mol. The first-order valence-corrected chi connectivity index (χ1v) is 2.36. The second kappa shape index (κ2) is 1.83. The third-order valence-electron chi connectivity index (χ3n) is 0.836. The summed E-state index contributed by atoms with van der Waals surface area (Å²) in [5.41, 5.74) is 0. The lowest BCUT2D eigenvalue weighted by molar-refractivity contribution is 0.472. The van der Waals surface area contributed by atoms with Crippen molar-refractivity contribution < 1.29 is 0 Å². The fourth-order valence-electron chi connectivity index (χ4n) is 0.468. The van der Waals surface area contributed by atoms with Gasteiger partial charge in [-0.05, 0) is 20.9 Å². The minimum absolute atomic E-state index is 1.17. The molecule has 0 aliphatic heterocycles. The van der Waals surface area contributed by atoms with Gasteiger partial charge in [-0.25, -0.2) is 0 Å². The van der Waals surface area contributed by atoms with E-state index in [1.165, 1.54) is 15.9 Å². The van der Waals surface area contributed by atoms with Gasteiger partial charge in [-0.2, -0.15) is 0 Å². The van der Waals surface area contributed by atoms with Crippen LogP contribution in [0.15, 0.2) is 6.33 Å². The van der Waals surface area contributed by atoms with Crippen LogP contribution in [-0.2, 0) is 0 Å². The van der Waals surface area contributed by atoms with Gasteiger partial charge in [0.2, 0.25) is 6.33 Å². The van der Waals surface area contributed by atoms with Crippen molar-refractivity contribution in [2.24, 2.45) is 0 Å². The lowest BCUT2D eigenvalue weighted by atomic mass is 11.3. The first-order chi connectivity index (χ1) is 4.97. The zero-order chi connectivity index (χ0) is 6.81. The first kappa shape index (κ1) is 4.97. The molecule has 0 atom stereocenters. The standard InChI is InChI=1S/C2HN8/c1-3-5-7-9(1)10-2-4-6-8-10/h1H. The van der Waals surface area contributed by atoms with Gasteiger partial charge >= 0.3 is 0 Å². The average molecular weight is 137 g/mol. The van der Waals surface area contributed by atoms with Crippen molar-refractivity contribution in [2.45, 2.75) is 0 Å². The second-order valence-electron chi connectivity index (χ2n) is 1.40. The molecule has 2 aromatic rings. The molecule has 8 nitrogen and oxygen atoms in total. The van der Waals surface area contributed by atoms with E-state index in [9.17, 15) is 0 Å². The number of aromatic nitrogens is 8. The first-order valence-electron chi connectivity index (χ1n) is 2.36. The summed E-state index contributed by atoms with van der Waals surface area (Å²) < 4.78 is 0. The molecule has 8 heteroatoms. The summed E-state index contributed by atoms with van der Waals surface area (Å²) in [4.78, 5) is 2.40. The Morgan fingerprint density at radius 1 is 1.20 bits per heavy atom. The molecule has 2 aromatic heterocycles. The van der Waals surface area contributed by atoms with E-state index in [1.807, 2.05) is 0 Å². The predicted molar refractivity (Wildman–Crippen MR) is 25.3 cm³/mol. The second-order valence-corrected chi connectivity index (χ2v) is 1.40. The summed E-state index contributed by atoms with van der Waals surface area (Å²) in [6.07, 6.45) is 3.76. The Hall–Kier alpha value is -1.86. The van der Waals surface area contributed by atoms with Gasteiger partial charge in [0.1, 0.15) is 0 Å². The fraction of sp³-hybridized carbons (Fsp3) is 0. The van der Waals surface area contributed by atoms with E-state index in [4.69, 9.17) is 0 Å². The molecule has 0 bridgehead atoms. The Morgan fingerprint density at radius 3 is 2.80 bits per heavy atom. The molecule has 0 aromatic carbocycles. The minimum Gasteiger partial charge on any atom is -0.115 e. The van der Waals surface area contributed by atoms with Gasteiger partial charge < -0.3 is 0 Å². The molecule has 0 saturated heterocycles. The van der Waals surface area contributed by atoms with Gasteiger partial charge in [0.25, 0.3) is 0 Å². The van der Waals surface area contributed by atoms with Crippen molar-refractivity contribution in [2.75, 3.05) is 0 Å². The van der Waals surface area contributed by atoms with Crippen LogP contribution in [-0.4, -0.2) is 40.6 Å². The fourth-order valence-corrected chi connectivity index (χ4v) is 0.468. The summed E-state index contributed by atoms with van der Waals surface area (Å²) in [7, 11) is 0. The molecule has 0 aliphatic rings. The topological polar surface area (TPSA) is 87.2 Å². The van der Waals surface area contributed by atoms with Gasteiger partial charge in [0, 0.05) is 0 Å². The van der Waals surface area contributed by atoms with Gasteiger partial charge in [-0.1, -0.05) is 0 Å². The largest absolute Gasteiger partial charge is 0.248 e. The number of rotatable bonds is 1. The maximum absolute atomic E-state index is 3.50. The van der Waals surface area contributed by atoms with Crippen LogP contribution in [0.1, 0.15) is 0 Å². The Morgan fingerprint density at radius 2 is 2.20 bits per heavy atom. The van der Waals surface area contributed by atoms with Crippen LogP contribution in [0.5, 0.6) is 0 Å².